The van der Waals surface area contributed by atoms with E-state index in [2.05, 4.69) is 30.8 Å². The van der Waals surface area contributed by atoms with Gasteiger partial charge in [0.1, 0.15) is 5.75 Å². The van der Waals surface area contributed by atoms with Crippen LogP contribution in [0, 0.1) is 6.92 Å². The second kappa shape index (κ2) is 14.2. The first-order chi connectivity index (χ1) is 21.2. The monoisotopic (exact) mass is 645 g/mol. The molecule has 0 fully saturated rings. The quantitative estimate of drug-likeness (QED) is 0.162. The molecule has 1 unspecified atom stereocenters. The molecule has 0 aromatic heterocycles. The Morgan fingerprint density at radius 3 is 2.22 bits per heavy atom. The highest BCUT2D eigenvalue weighted by molar-refractivity contribution is 7.99. The van der Waals surface area contributed by atoms with Gasteiger partial charge in [-0.15, -0.1) is 0 Å². The van der Waals surface area contributed by atoms with Crippen molar-refractivity contribution in [1.29, 1.82) is 0 Å². The summed E-state index contributed by atoms with van der Waals surface area (Å²) >= 11 is 1.31. The Kier molecular flexibility index (Phi) is 10.6. The predicted molar refractivity (Wildman–Crippen MR) is 179 cm³/mol. The number of benzene rings is 4. The molecule has 4 N–H and O–H groups in total. The maximum atomic E-state index is 13.9. The topological polar surface area (TPSA) is 128 Å². The van der Waals surface area contributed by atoms with E-state index in [4.69, 9.17) is 10.5 Å². The lowest BCUT2D eigenvalue weighted by atomic mass is 9.86. The average molecular weight is 646 g/mol. The number of rotatable bonds is 12. The first-order valence-electron chi connectivity index (χ1n) is 14.5. The van der Waals surface area contributed by atoms with Gasteiger partial charge in [-0.05, 0) is 90.0 Å². The Hall–Kier alpha value is -4.28. The van der Waals surface area contributed by atoms with E-state index in [9.17, 15) is 18.0 Å². The van der Waals surface area contributed by atoms with Gasteiger partial charge in [-0.1, -0.05) is 68.9 Å². The zero-order valence-electron chi connectivity index (χ0n) is 26.1. The first-order valence-corrected chi connectivity index (χ1v) is 16.8. The van der Waals surface area contributed by atoms with Gasteiger partial charge in [0, 0.05) is 27.9 Å². The SMILES string of the molecule is COc1ccc(Sc2ccc(S(=O)(=O)Nc3cccc(C)c3)cc2C(=O)NC(CC(N)=O)Cc2ccc(C(C)(C)C)cc2)cc1. The molecule has 8 nitrogen and oxygen atoms in total. The van der Waals surface area contributed by atoms with Crippen molar-refractivity contribution in [2.75, 3.05) is 11.8 Å². The minimum atomic E-state index is -4.03. The highest BCUT2D eigenvalue weighted by Crippen LogP contribution is 2.33. The van der Waals surface area contributed by atoms with Crippen LogP contribution in [0.3, 0.4) is 0 Å². The molecule has 0 bridgehead atoms. The molecule has 0 saturated carbocycles. The Balaban J connectivity index is 1.67. The van der Waals surface area contributed by atoms with Crippen LogP contribution in [0.2, 0.25) is 0 Å². The number of hydrogen-bond acceptors (Lipinski definition) is 6. The fraction of sp³-hybridized carbons (Fsp3) is 0.257. The number of anilines is 1. The molecule has 1 atom stereocenters. The van der Waals surface area contributed by atoms with Crippen molar-refractivity contribution in [2.45, 2.75) is 66.7 Å². The van der Waals surface area contributed by atoms with Gasteiger partial charge in [0.2, 0.25) is 5.91 Å². The molecule has 0 aliphatic heterocycles. The Labute approximate surface area is 269 Å². The van der Waals surface area contributed by atoms with E-state index in [0.717, 1.165) is 16.0 Å². The lowest BCUT2D eigenvalue weighted by Crippen LogP contribution is -2.39. The molecule has 0 heterocycles. The largest absolute Gasteiger partial charge is 0.497 e. The van der Waals surface area contributed by atoms with Crippen LogP contribution >= 0.6 is 11.8 Å². The first kappa shape index (κ1) is 33.6. The smallest absolute Gasteiger partial charge is 0.261 e. The molecule has 4 aromatic rings. The van der Waals surface area contributed by atoms with Crippen molar-refractivity contribution in [3.63, 3.8) is 0 Å². The average Bonchev–Trinajstić information content (AvgIpc) is 2.97. The Morgan fingerprint density at radius 2 is 1.62 bits per heavy atom. The standard InChI is InChI=1S/C35H39N3O5S2/c1-23-7-6-8-26(19-23)38-45(41,42)30-17-18-32(44-29-15-13-28(43-5)14-16-29)31(22-30)34(40)37-27(21-33(36)39)20-24-9-11-25(12-10-24)35(2,3)4/h6-19,22,27,38H,20-21H2,1-5H3,(H2,36,39)(H,37,40). The third-order valence-corrected chi connectivity index (χ3v) is 9.61. The summed E-state index contributed by atoms with van der Waals surface area (Å²) < 4.78 is 34.7. The van der Waals surface area contributed by atoms with Crippen LogP contribution in [0.15, 0.2) is 106 Å². The second-order valence-electron chi connectivity index (χ2n) is 11.9. The minimum Gasteiger partial charge on any atom is -0.497 e. The number of carbonyl (C=O) groups is 2. The van der Waals surface area contributed by atoms with Crippen molar-refractivity contribution in [1.82, 2.24) is 5.32 Å². The number of primary amides is 1. The third-order valence-electron chi connectivity index (χ3n) is 7.15. The van der Waals surface area contributed by atoms with E-state index in [1.54, 1.807) is 43.5 Å². The van der Waals surface area contributed by atoms with Crippen LogP contribution in [0.25, 0.3) is 0 Å². The van der Waals surface area contributed by atoms with Gasteiger partial charge in [-0.2, -0.15) is 0 Å². The number of ether oxygens (including phenoxy) is 1. The van der Waals surface area contributed by atoms with Crippen molar-refractivity contribution in [3.8, 4) is 5.75 Å². The highest BCUT2D eigenvalue weighted by Gasteiger charge is 2.23. The van der Waals surface area contributed by atoms with Gasteiger partial charge in [0.05, 0.1) is 17.6 Å². The number of nitrogens with two attached hydrogens (primary N) is 1. The summed E-state index contributed by atoms with van der Waals surface area (Å²) in [6, 6.07) is 26.2. The lowest BCUT2D eigenvalue weighted by Gasteiger charge is -2.21. The molecule has 0 aliphatic rings. The van der Waals surface area contributed by atoms with Crippen LogP contribution in [0.4, 0.5) is 5.69 Å². The fourth-order valence-electron chi connectivity index (χ4n) is 4.74. The summed E-state index contributed by atoms with van der Waals surface area (Å²) in [6.07, 6.45) is 0.285. The van der Waals surface area contributed by atoms with Gasteiger partial charge in [-0.25, -0.2) is 8.42 Å². The normalized spacial score (nSPS) is 12.3. The van der Waals surface area contributed by atoms with E-state index in [-0.39, 0.29) is 22.3 Å². The van der Waals surface area contributed by atoms with Gasteiger partial charge < -0.3 is 15.8 Å². The number of nitrogens with one attached hydrogen (secondary N) is 2. The Bertz CT molecular complexity index is 1760. The van der Waals surface area contributed by atoms with Crippen LogP contribution in [0.1, 0.15) is 54.2 Å². The van der Waals surface area contributed by atoms with E-state index in [0.29, 0.717) is 22.8 Å². The fourth-order valence-corrected chi connectivity index (χ4v) is 6.74. The molecule has 45 heavy (non-hydrogen) atoms. The van der Waals surface area contributed by atoms with Crippen molar-refractivity contribution < 1.29 is 22.7 Å². The molecule has 4 aromatic carbocycles. The summed E-state index contributed by atoms with van der Waals surface area (Å²) in [6.45, 7) is 8.26. The summed E-state index contributed by atoms with van der Waals surface area (Å²) in [5, 5.41) is 2.95. The maximum absolute atomic E-state index is 13.9. The lowest BCUT2D eigenvalue weighted by molar-refractivity contribution is -0.118. The summed E-state index contributed by atoms with van der Waals surface area (Å²) in [7, 11) is -2.45. The number of sulfonamides is 1. The molecule has 2 amide bonds. The van der Waals surface area contributed by atoms with E-state index >= 15 is 0 Å². The summed E-state index contributed by atoms with van der Waals surface area (Å²) in [5.41, 5.74) is 9.12. The number of aryl methyl sites for hydroxylation is 1. The molecule has 4 rings (SSSR count). The van der Waals surface area contributed by atoms with Crippen molar-refractivity contribution in [3.05, 3.63) is 113 Å². The van der Waals surface area contributed by atoms with Crippen LogP contribution in [0.5, 0.6) is 5.75 Å². The Morgan fingerprint density at radius 1 is 0.933 bits per heavy atom. The molecule has 10 heteroatoms. The molecule has 0 spiro atoms. The number of methoxy groups -OCH3 is 1. The van der Waals surface area contributed by atoms with E-state index in [1.807, 2.05) is 49.4 Å². The second-order valence-corrected chi connectivity index (χ2v) is 14.7. The molecule has 0 aliphatic carbocycles. The highest BCUT2D eigenvalue weighted by atomic mass is 32.2. The van der Waals surface area contributed by atoms with Crippen LogP contribution in [-0.4, -0.2) is 33.4 Å². The zero-order chi connectivity index (χ0) is 32.8. The predicted octanol–water partition coefficient (Wildman–Crippen LogP) is 6.47. The third kappa shape index (κ3) is 9.36. The van der Waals surface area contributed by atoms with Gasteiger partial charge in [0.25, 0.3) is 15.9 Å². The maximum Gasteiger partial charge on any atom is 0.261 e. The summed E-state index contributed by atoms with van der Waals surface area (Å²) in [5.74, 6) is -0.389. The number of amides is 2. The zero-order valence-corrected chi connectivity index (χ0v) is 27.7. The van der Waals surface area contributed by atoms with E-state index in [1.165, 1.54) is 29.5 Å². The minimum absolute atomic E-state index is 0.0170. The number of carbonyl (C=O) groups excluding carboxylic acids is 2. The van der Waals surface area contributed by atoms with Crippen LogP contribution < -0.4 is 20.5 Å². The van der Waals surface area contributed by atoms with E-state index < -0.39 is 27.9 Å². The van der Waals surface area contributed by atoms with Crippen molar-refractivity contribution >= 4 is 39.3 Å². The van der Waals surface area contributed by atoms with Crippen molar-refractivity contribution in [2.24, 2.45) is 5.73 Å². The molecular weight excluding hydrogens is 607 g/mol. The molecular formula is C35H39N3O5S2. The molecule has 0 radical (unpaired) electrons. The van der Waals surface area contributed by atoms with Gasteiger partial charge in [-0.3, -0.25) is 14.3 Å². The van der Waals surface area contributed by atoms with Gasteiger partial charge in [0.15, 0.2) is 0 Å². The van der Waals surface area contributed by atoms with Crippen LogP contribution in [-0.2, 0) is 26.7 Å². The molecule has 0 saturated heterocycles. The van der Waals surface area contributed by atoms with Gasteiger partial charge >= 0.3 is 0 Å². The number of hydrogen-bond donors (Lipinski definition) is 3. The summed E-state index contributed by atoms with van der Waals surface area (Å²) in [4.78, 5) is 27.2. The molecule has 236 valence electrons.